The fourth-order valence-corrected chi connectivity index (χ4v) is 3.34. The van der Waals surface area contributed by atoms with Gasteiger partial charge in [-0.15, -0.1) is 11.3 Å². The van der Waals surface area contributed by atoms with E-state index in [9.17, 15) is 14.4 Å². The molecule has 2 rings (SSSR count). The average molecular weight is 388 g/mol. The van der Waals surface area contributed by atoms with Crippen LogP contribution in [0, 0.1) is 19.3 Å². The van der Waals surface area contributed by atoms with Crippen molar-refractivity contribution >= 4 is 39.8 Å². The fraction of sp³-hybridized carbons (Fsp3) is 0.350. The van der Waals surface area contributed by atoms with Crippen LogP contribution < -0.4 is 10.6 Å². The zero-order valence-corrected chi connectivity index (χ0v) is 17.2. The summed E-state index contributed by atoms with van der Waals surface area (Å²) in [6.45, 7) is 9.14. The van der Waals surface area contributed by atoms with Gasteiger partial charge in [-0.3, -0.25) is 9.59 Å². The van der Waals surface area contributed by atoms with Crippen molar-refractivity contribution in [3.05, 3.63) is 45.8 Å². The van der Waals surface area contributed by atoms with Crippen molar-refractivity contribution in [3.8, 4) is 0 Å². The summed E-state index contributed by atoms with van der Waals surface area (Å²) < 4.78 is 4.82. The van der Waals surface area contributed by atoms with Crippen LogP contribution in [0.25, 0.3) is 0 Å². The molecule has 0 aliphatic carbocycles. The summed E-state index contributed by atoms with van der Waals surface area (Å²) >= 11 is 1.32. The highest BCUT2D eigenvalue weighted by atomic mass is 32.1. The molecule has 0 saturated heterocycles. The summed E-state index contributed by atoms with van der Waals surface area (Å²) in [6.07, 6.45) is 0. The van der Waals surface area contributed by atoms with Gasteiger partial charge in [-0.2, -0.15) is 0 Å². The minimum atomic E-state index is -0.542. The number of thiophene rings is 1. The van der Waals surface area contributed by atoms with Crippen LogP contribution >= 0.6 is 11.3 Å². The molecule has 144 valence electrons. The van der Waals surface area contributed by atoms with Crippen molar-refractivity contribution in [1.82, 2.24) is 0 Å². The molecule has 2 aromatic rings. The van der Waals surface area contributed by atoms with Gasteiger partial charge in [0.1, 0.15) is 5.00 Å². The van der Waals surface area contributed by atoms with Gasteiger partial charge in [0.05, 0.1) is 12.7 Å². The molecule has 2 N–H and O–H groups in total. The fourth-order valence-electron chi connectivity index (χ4n) is 2.29. The monoisotopic (exact) mass is 388 g/mol. The first-order chi connectivity index (χ1) is 12.5. The lowest BCUT2D eigenvalue weighted by Crippen LogP contribution is -2.27. The zero-order valence-electron chi connectivity index (χ0n) is 16.4. The highest BCUT2D eigenvalue weighted by Crippen LogP contribution is 2.33. The van der Waals surface area contributed by atoms with Crippen LogP contribution in [0.4, 0.5) is 10.7 Å². The van der Waals surface area contributed by atoms with Crippen molar-refractivity contribution < 1.29 is 19.1 Å². The number of nitrogens with one attached hydrogen (secondary N) is 2. The number of amides is 2. The first-order valence-electron chi connectivity index (χ1n) is 8.45. The van der Waals surface area contributed by atoms with E-state index in [1.54, 1.807) is 24.3 Å². The molecule has 27 heavy (non-hydrogen) atoms. The van der Waals surface area contributed by atoms with Gasteiger partial charge in [-0.05, 0) is 37.6 Å². The van der Waals surface area contributed by atoms with Gasteiger partial charge in [0.15, 0.2) is 0 Å². The molecule has 7 heteroatoms. The molecule has 1 aromatic carbocycles. The first kappa shape index (κ1) is 20.6. The normalized spacial score (nSPS) is 11.0. The van der Waals surface area contributed by atoms with Gasteiger partial charge in [0.25, 0.3) is 5.91 Å². The predicted molar refractivity (Wildman–Crippen MR) is 108 cm³/mol. The van der Waals surface area contributed by atoms with Crippen LogP contribution in [0.3, 0.4) is 0 Å². The molecule has 0 spiro atoms. The summed E-state index contributed by atoms with van der Waals surface area (Å²) in [5.74, 6) is -0.996. The molecule has 0 unspecified atom stereocenters. The van der Waals surface area contributed by atoms with Crippen molar-refractivity contribution in [2.75, 3.05) is 17.7 Å². The number of benzene rings is 1. The van der Waals surface area contributed by atoms with E-state index in [0.29, 0.717) is 21.8 Å². The maximum absolute atomic E-state index is 12.7. The summed E-state index contributed by atoms with van der Waals surface area (Å²) in [6, 6.07) is 6.66. The summed E-state index contributed by atoms with van der Waals surface area (Å²) in [4.78, 5) is 37.8. The van der Waals surface area contributed by atoms with E-state index in [0.717, 1.165) is 10.4 Å². The minimum Gasteiger partial charge on any atom is -0.465 e. The topological polar surface area (TPSA) is 84.5 Å². The number of hydrogen-bond donors (Lipinski definition) is 2. The largest absolute Gasteiger partial charge is 0.465 e. The average Bonchev–Trinajstić information content (AvgIpc) is 2.87. The molecule has 0 aliphatic heterocycles. The second kappa shape index (κ2) is 7.92. The number of methoxy groups -OCH3 is 1. The lowest BCUT2D eigenvalue weighted by Gasteiger charge is -2.18. The Labute approximate surface area is 162 Å². The Bertz CT molecular complexity index is 894. The highest BCUT2D eigenvalue weighted by Gasteiger charge is 2.23. The molecule has 0 bridgehead atoms. The Morgan fingerprint density at radius 1 is 1.07 bits per heavy atom. The lowest BCUT2D eigenvalue weighted by atomic mass is 9.95. The predicted octanol–water partition coefficient (Wildman–Crippen LogP) is 4.39. The molecule has 6 nitrogen and oxygen atoms in total. The summed E-state index contributed by atoms with van der Waals surface area (Å²) in [5, 5.41) is 6.03. The van der Waals surface area contributed by atoms with Crippen molar-refractivity contribution in [2.45, 2.75) is 34.6 Å². The van der Waals surface area contributed by atoms with E-state index >= 15 is 0 Å². The smallest absolute Gasteiger partial charge is 0.341 e. The van der Waals surface area contributed by atoms with Crippen molar-refractivity contribution in [2.24, 2.45) is 5.41 Å². The van der Waals surface area contributed by atoms with Crippen molar-refractivity contribution in [3.63, 3.8) is 0 Å². The molecular formula is C20H24N2O4S. The maximum Gasteiger partial charge on any atom is 0.341 e. The van der Waals surface area contributed by atoms with E-state index < -0.39 is 11.4 Å². The van der Waals surface area contributed by atoms with Crippen LogP contribution in [0.2, 0.25) is 0 Å². The summed E-state index contributed by atoms with van der Waals surface area (Å²) in [5.41, 5.74) is 1.52. The molecule has 2 amide bonds. The molecule has 0 atom stereocenters. The Hall–Kier alpha value is -2.67. The number of ether oxygens (including phenoxy) is 1. The van der Waals surface area contributed by atoms with E-state index in [1.165, 1.54) is 18.4 Å². The molecule has 1 heterocycles. The molecule has 0 aliphatic rings. The third-order valence-corrected chi connectivity index (χ3v) is 5.19. The summed E-state index contributed by atoms with van der Waals surface area (Å²) in [7, 11) is 1.31. The second-order valence-corrected chi connectivity index (χ2v) is 8.44. The van der Waals surface area contributed by atoms with Gasteiger partial charge in [-0.25, -0.2) is 4.79 Å². The van der Waals surface area contributed by atoms with Crippen LogP contribution in [0.5, 0.6) is 0 Å². The third-order valence-electron chi connectivity index (χ3n) is 4.07. The number of hydrogen-bond acceptors (Lipinski definition) is 5. The Morgan fingerprint density at radius 3 is 2.33 bits per heavy atom. The minimum absolute atomic E-state index is 0.141. The van der Waals surface area contributed by atoms with Crippen LogP contribution in [-0.4, -0.2) is 24.9 Å². The Balaban J connectivity index is 2.25. The van der Waals surface area contributed by atoms with Gasteiger partial charge >= 0.3 is 5.97 Å². The van der Waals surface area contributed by atoms with Gasteiger partial charge < -0.3 is 15.4 Å². The first-order valence-corrected chi connectivity index (χ1v) is 9.27. The third kappa shape index (κ3) is 4.74. The number of esters is 1. The Kier molecular flexibility index (Phi) is 6.05. The van der Waals surface area contributed by atoms with E-state index in [1.807, 2.05) is 34.6 Å². The van der Waals surface area contributed by atoms with E-state index in [2.05, 4.69) is 10.6 Å². The van der Waals surface area contributed by atoms with E-state index in [-0.39, 0.29) is 11.8 Å². The number of aryl methyl sites for hydroxylation is 1. The standard InChI is InChI=1S/C20H24N2O4S/c1-11-12(2)27-17(15(11)18(24)26-6)22-16(23)13-8-7-9-14(10-13)21-19(25)20(3,4)5/h7-10H,1-6H3,(H,21,25)(H,22,23). The quantitative estimate of drug-likeness (QED) is 0.761. The molecule has 1 aromatic heterocycles. The van der Waals surface area contributed by atoms with Crippen LogP contribution in [0.1, 0.15) is 51.9 Å². The lowest BCUT2D eigenvalue weighted by molar-refractivity contribution is -0.123. The van der Waals surface area contributed by atoms with E-state index in [4.69, 9.17) is 4.74 Å². The van der Waals surface area contributed by atoms with Crippen molar-refractivity contribution in [1.29, 1.82) is 0 Å². The molecule has 0 radical (unpaired) electrons. The maximum atomic E-state index is 12.7. The number of carbonyl (C=O) groups excluding carboxylic acids is 3. The Morgan fingerprint density at radius 2 is 1.74 bits per heavy atom. The number of anilines is 2. The number of carbonyl (C=O) groups is 3. The molecular weight excluding hydrogens is 364 g/mol. The second-order valence-electron chi connectivity index (χ2n) is 7.22. The SMILES string of the molecule is COC(=O)c1c(NC(=O)c2cccc(NC(=O)C(C)(C)C)c2)sc(C)c1C. The molecule has 0 saturated carbocycles. The van der Waals surface area contributed by atoms with Crippen LogP contribution in [0.15, 0.2) is 24.3 Å². The van der Waals surface area contributed by atoms with Crippen LogP contribution in [-0.2, 0) is 9.53 Å². The molecule has 0 fully saturated rings. The van der Waals surface area contributed by atoms with Gasteiger partial charge in [0, 0.05) is 21.5 Å². The highest BCUT2D eigenvalue weighted by molar-refractivity contribution is 7.16. The number of rotatable bonds is 4. The zero-order chi connectivity index (χ0) is 20.4. The van der Waals surface area contributed by atoms with Gasteiger partial charge in [0.2, 0.25) is 5.91 Å². The van der Waals surface area contributed by atoms with Gasteiger partial charge in [-0.1, -0.05) is 26.8 Å².